The van der Waals surface area contributed by atoms with E-state index in [0.717, 1.165) is 55.4 Å². The Morgan fingerprint density at radius 2 is 2.10 bits per heavy atom. The van der Waals surface area contributed by atoms with E-state index in [0.29, 0.717) is 6.54 Å². The lowest BCUT2D eigenvalue weighted by molar-refractivity contribution is -0.0498. The number of aryl methyl sites for hydroxylation is 1. The molecule has 0 amide bonds. The number of hydrogen-bond donors (Lipinski definition) is 2. The van der Waals surface area contributed by atoms with Crippen LogP contribution in [0.3, 0.4) is 0 Å². The van der Waals surface area contributed by atoms with Crippen LogP contribution in [0.4, 0.5) is 14.5 Å². The van der Waals surface area contributed by atoms with Crippen molar-refractivity contribution in [2.75, 3.05) is 24.5 Å². The van der Waals surface area contributed by atoms with Crippen LogP contribution in [0.25, 0.3) is 0 Å². The summed E-state index contributed by atoms with van der Waals surface area (Å²) in [6.07, 6.45) is 3.86. The van der Waals surface area contributed by atoms with Crippen molar-refractivity contribution in [1.29, 1.82) is 0 Å². The Hall–Kier alpha value is -2.90. The predicted molar refractivity (Wildman–Crippen MR) is 115 cm³/mol. The number of ether oxygens (including phenoxy) is 1. The number of rotatable bonds is 7. The quantitative estimate of drug-likeness (QED) is 0.531. The van der Waals surface area contributed by atoms with Crippen LogP contribution in [0.15, 0.2) is 47.6 Å². The van der Waals surface area contributed by atoms with Crippen LogP contribution in [0.1, 0.15) is 31.0 Å². The maximum absolute atomic E-state index is 12.3. The van der Waals surface area contributed by atoms with E-state index in [9.17, 15) is 8.78 Å². The molecule has 3 rings (SSSR count). The van der Waals surface area contributed by atoms with Crippen LogP contribution in [0.5, 0.6) is 5.75 Å². The van der Waals surface area contributed by atoms with E-state index >= 15 is 0 Å². The van der Waals surface area contributed by atoms with Crippen molar-refractivity contribution in [1.82, 2.24) is 15.6 Å². The van der Waals surface area contributed by atoms with Gasteiger partial charge in [-0.15, -0.1) is 0 Å². The van der Waals surface area contributed by atoms with Crippen LogP contribution < -0.4 is 20.3 Å². The average Bonchev–Trinajstić information content (AvgIpc) is 2.73. The summed E-state index contributed by atoms with van der Waals surface area (Å²) in [5, 5.41) is 6.83. The predicted octanol–water partition coefficient (Wildman–Crippen LogP) is 3.72. The summed E-state index contributed by atoms with van der Waals surface area (Å²) in [4.78, 5) is 11.4. The molecule has 2 aromatic rings. The number of pyridine rings is 1. The van der Waals surface area contributed by atoms with Gasteiger partial charge in [-0.05, 0) is 62.6 Å². The Morgan fingerprint density at radius 1 is 1.30 bits per heavy atom. The Kier molecular flexibility index (Phi) is 7.82. The molecule has 30 heavy (non-hydrogen) atoms. The number of aliphatic imine (C=N–C) groups is 1. The molecule has 0 spiro atoms. The number of alkyl halides is 2. The van der Waals surface area contributed by atoms with Gasteiger partial charge in [0, 0.05) is 37.6 Å². The standard InChI is InChI=1S/C22H29F2N5O/c1-3-25-22(27-14-20-16(2)6-4-12-26-20)28-17-7-5-13-29(15-17)18-8-10-19(11-9-18)30-21(23)24/h4,6,8-12,17,21H,3,5,7,13-15H2,1-2H3,(H2,25,27,28). The van der Waals surface area contributed by atoms with E-state index in [4.69, 9.17) is 4.99 Å². The second-order valence-corrected chi connectivity index (χ2v) is 7.26. The Morgan fingerprint density at radius 3 is 2.80 bits per heavy atom. The summed E-state index contributed by atoms with van der Waals surface area (Å²) in [7, 11) is 0. The highest BCUT2D eigenvalue weighted by Gasteiger charge is 2.21. The zero-order valence-electron chi connectivity index (χ0n) is 17.4. The van der Waals surface area contributed by atoms with Gasteiger partial charge in [-0.1, -0.05) is 6.07 Å². The fourth-order valence-electron chi connectivity index (χ4n) is 3.52. The lowest BCUT2D eigenvalue weighted by Crippen LogP contribution is -2.51. The normalized spacial score (nSPS) is 17.2. The molecule has 2 N–H and O–H groups in total. The Balaban J connectivity index is 1.61. The van der Waals surface area contributed by atoms with Crippen LogP contribution in [-0.2, 0) is 6.54 Å². The van der Waals surface area contributed by atoms with Gasteiger partial charge in [-0.3, -0.25) is 4.98 Å². The highest BCUT2D eigenvalue weighted by molar-refractivity contribution is 5.80. The first kappa shape index (κ1) is 21.8. The maximum Gasteiger partial charge on any atom is 0.387 e. The number of halogens is 2. The third kappa shape index (κ3) is 6.30. The second kappa shape index (κ2) is 10.8. The van der Waals surface area contributed by atoms with Crippen molar-refractivity contribution in [3.05, 3.63) is 53.9 Å². The summed E-state index contributed by atoms with van der Waals surface area (Å²) in [5.41, 5.74) is 3.08. The number of piperidine rings is 1. The SMILES string of the molecule is CCNC(=NCc1ncccc1C)NC1CCCN(c2ccc(OC(F)F)cc2)C1. The van der Waals surface area contributed by atoms with Crippen LogP contribution in [0.2, 0.25) is 0 Å². The number of nitrogens with one attached hydrogen (secondary N) is 2. The molecule has 1 aliphatic heterocycles. The molecule has 8 heteroatoms. The van der Waals surface area contributed by atoms with E-state index < -0.39 is 6.61 Å². The number of nitrogens with zero attached hydrogens (tertiary/aromatic N) is 3. The van der Waals surface area contributed by atoms with Gasteiger partial charge < -0.3 is 20.3 Å². The third-order valence-electron chi connectivity index (χ3n) is 5.04. The monoisotopic (exact) mass is 417 g/mol. The first-order chi connectivity index (χ1) is 14.5. The number of guanidine groups is 1. The first-order valence-electron chi connectivity index (χ1n) is 10.3. The summed E-state index contributed by atoms with van der Waals surface area (Å²) < 4.78 is 29.1. The molecule has 1 fully saturated rings. The summed E-state index contributed by atoms with van der Waals surface area (Å²) in [6, 6.07) is 11.0. The molecular weight excluding hydrogens is 388 g/mol. The number of hydrogen-bond acceptors (Lipinski definition) is 4. The molecule has 0 saturated carbocycles. The minimum absolute atomic E-state index is 0.173. The molecular formula is C22H29F2N5O. The molecule has 162 valence electrons. The highest BCUT2D eigenvalue weighted by atomic mass is 19.3. The maximum atomic E-state index is 12.3. The van der Waals surface area contributed by atoms with E-state index in [1.807, 2.05) is 38.1 Å². The third-order valence-corrected chi connectivity index (χ3v) is 5.04. The lowest BCUT2D eigenvalue weighted by atomic mass is 10.0. The average molecular weight is 418 g/mol. The number of benzene rings is 1. The van der Waals surface area contributed by atoms with Crippen LogP contribution in [-0.4, -0.2) is 43.2 Å². The molecule has 2 heterocycles. The fraction of sp³-hybridized carbons (Fsp3) is 0.455. The smallest absolute Gasteiger partial charge is 0.387 e. The molecule has 1 saturated heterocycles. The topological polar surface area (TPSA) is 61.8 Å². The van der Waals surface area contributed by atoms with Crippen LogP contribution in [0, 0.1) is 6.92 Å². The molecule has 1 unspecified atom stereocenters. The molecule has 1 aliphatic rings. The van der Waals surface area contributed by atoms with E-state index in [2.05, 4.69) is 25.3 Å². The molecule has 1 aromatic carbocycles. The lowest BCUT2D eigenvalue weighted by Gasteiger charge is -2.35. The van der Waals surface area contributed by atoms with Crippen molar-refractivity contribution in [3.8, 4) is 5.75 Å². The Bertz CT molecular complexity index is 829. The zero-order valence-corrected chi connectivity index (χ0v) is 17.4. The second-order valence-electron chi connectivity index (χ2n) is 7.26. The van der Waals surface area contributed by atoms with Crippen molar-refractivity contribution in [2.45, 2.75) is 45.9 Å². The summed E-state index contributed by atoms with van der Waals surface area (Å²) >= 11 is 0. The molecule has 1 atom stereocenters. The minimum atomic E-state index is -2.81. The molecule has 0 bridgehead atoms. The van der Waals surface area contributed by atoms with Gasteiger partial charge >= 0.3 is 6.61 Å². The van der Waals surface area contributed by atoms with E-state index in [-0.39, 0.29) is 11.8 Å². The largest absolute Gasteiger partial charge is 0.435 e. The van der Waals surface area contributed by atoms with Gasteiger partial charge in [-0.2, -0.15) is 8.78 Å². The van der Waals surface area contributed by atoms with Crippen molar-refractivity contribution in [2.24, 2.45) is 4.99 Å². The van der Waals surface area contributed by atoms with E-state index in [1.54, 1.807) is 18.3 Å². The number of aromatic nitrogens is 1. The van der Waals surface area contributed by atoms with Gasteiger partial charge in [0.25, 0.3) is 0 Å². The van der Waals surface area contributed by atoms with Crippen molar-refractivity contribution >= 4 is 11.6 Å². The number of anilines is 1. The Labute approximate surface area is 176 Å². The van der Waals surface area contributed by atoms with Crippen LogP contribution >= 0.6 is 0 Å². The first-order valence-corrected chi connectivity index (χ1v) is 10.3. The van der Waals surface area contributed by atoms with Gasteiger partial charge in [0.1, 0.15) is 5.75 Å². The molecule has 1 aromatic heterocycles. The molecule has 6 nitrogen and oxygen atoms in total. The minimum Gasteiger partial charge on any atom is -0.435 e. The van der Waals surface area contributed by atoms with Crippen molar-refractivity contribution in [3.63, 3.8) is 0 Å². The van der Waals surface area contributed by atoms with E-state index in [1.165, 1.54) is 0 Å². The van der Waals surface area contributed by atoms with Gasteiger partial charge in [0.2, 0.25) is 0 Å². The van der Waals surface area contributed by atoms with Gasteiger partial charge in [-0.25, -0.2) is 4.99 Å². The van der Waals surface area contributed by atoms with Gasteiger partial charge in [0.05, 0.1) is 12.2 Å². The van der Waals surface area contributed by atoms with Gasteiger partial charge in [0.15, 0.2) is 5.96 Å². The highest BCUT2D eigenvalue weighted by Crippen LogP contribution is 2.23. The summed E-state index contributed by atoms with van der Waals surface area (Å²) in [5.74, 6) is 0.946. The zero-order chi connectivity index (χ0) is 21.3. The summed E-state index contributed by atoms with van der Waals surface area (Å²) in [6.45, 7) is 4.29. The fourth-order valence-corrected chi connectivity index (χ4v) is 3.52. The van der Waals surface area contributed by atoms with Crippen molar-refractivity contribution < 1.29 is 13.5 Å². The molecule has 0 aliphatic carbocycles. The molecule has 0 radical (unpaired) electrons.